The molecule has 170 valence electrons. The zero-order valence-electron chi connectivity index (χ0n) is 18.8. The molecule has 0 saturated carbocycles. The number of nitrogens with two attached hydrogens (primary N) is 1. The number of morpholine rings is 1. The van der Waals surface area contributed by atoms with E-state index < -0.39 is 11.5 Å². The van der Waals surface area contributed by atoms with E-state index in [4.69, 9.17) is 15.2 Å². The van der Waals surface area contributed by atoms with E-state index in [9.17, 15) is 9.59 Å². The summed E-state index contributed by atoms with van der Waals surface area (Å²) < 4.78 is 11.4. The van der Waals surface area contributed by atoms with E-state index in [0.29, 0.717) is 17.9 Å². The van der Waals surface area contributed by atoms with Crippen LogP contribution < -0.4 is 10.5 Å². The number of amides is 2. The Balaban J connectivity index is 1.57. The van der Waals surface area contributed by atoms with E-state index in [1.165, 1.54) is 0 Å². The van der Waals surface area contributed by atoms with Crippen molar-refractivity contribution >= 4 is 11.8 Å². The van der Waals surface area contributed by atoms with Gasteiger partial charge in [0.1, 0.15) is 5.75 Å². The van der Waals surface area contributed by atoms with Crippen molar-refractivity contribution in [3.05, 3.63) is 83.7 Å². The molecule has 0 radical (unpaired) electrons. The number of nitrogens with zero attached hydrogens (tertiary/aromatic N) is 2. The number of carbonyl (C=O) groups is 2. The predicted octanol–water partition coefficient (Wildman–Crippen LogP) is 3.00. The highest BCUT2D eigenvalue weighted by Crippen LogP contribution is 2.29. The Morgan fingerprint density at radius 3 is 2.58 bits per heavy atom. The molecule has 1 atom stereocenters. The van der Waals surface area contributed by atoms with Crippen molar-refractivity contribution < 1.29 is 19.1 Å². The Morgan fingerprint density at radius 1 is 1.12 bits per heavy atom. The van der Waals surface area contributed by atoms with Gasteiger partial charge in [0, 0.05) is 25.4 Å². The number of hydrogen-bond acceptors (Lipinski definition) is 5. The molecule has 7 nitrogen and oxygen atoms in total. The molecule has 0 aliphatic carbocycles. The summed E-state index contributed by atoms with van der Waals surface area (Å²) in [6.07, 6.45) is 3.80. The molecule has 1 aliphatic heterocycles. The quantitative estimate of drug-likeness (QED) is 0.629. The number of benzene rings is 2. The van der Waals surface area contributed by atoms with Crippen LogP contribution in [0.25, 0.3) is 11.1 Å². The van der Waals surface area contributed by atoms with Gasteiger partial charge in [-0.05, 0) is 41.3 Å². The van der Waals surface area contributed by atoms with Crippen LogP contribution in [-0.4, -0.2) is 54.1 Å². The molecule has 0 spiro atoms. The number of para-hydroxylation sites is 1. The third kappa shape index (κ3) is 4.59. The van der Waals surface area contributed by atoms with Gasteiger partial charge in [0.2, 0.25) is 0 Å². The molecule has 1 aliphatic rings. The van der Waals surface area contributed by atoms with Crippen LogP contribution in [0.2, 0.25) is 0 Å². The van der Waals surface area contributed by atoms with Crippen LogP contribution >= 0.6 is 0 Å². The Kier molecular flexibility index (Phi) is 6.42. The van der Waals surface area contributed by atoms with Crippen molar-refractivity contribution in [2.45, 2.75) is 18.9 Å². The van der Waals surface area contributed by atoms with E-state index >= 15 is 0 Å². The normalized spacial score (nSPS) is 18.1. The molecule has 1 saturated heterocycles. The van der Waals surface area contributed by atoms with Crippen LogP contribution in [0.15, 0.2) is 67.0 Å². The first-order valence-corrected chi connectivity index (χ1v) is 10.8. The van der Waals surface area contributed by atoms with Crippen molar-refractivity contribution in [1.29, 1.82) is 0 Å². The van der Waals surface area contributed by atoms with Gasteiger partial charge in [-0.3, -0.25) is 14.6 Å². The summed E-state index contributed by atoms with van der Waals surface area (Å²) >= 11 is 0. The third-order valence-corrected chi connectivity index (χ3v) is 6.01. The van der Waals surface area contributed by atoms with Crippen molar-refractivity contribution in [1.82, 2.24) is 9.88 Å². The molecule has 2 aromatic carbocycles. The lowest BCUT2D eigenvalue weighted by atomic mass is 9.90. The van der Waals surface area contributed by atoms with Crippen molar-refractivity contribution in [3.63, 3.8) is 0 Å². The van der Waals surface area contributed by atoms with Crippen molar-refractivity contribution in [2.75, 3.05) is 26.8 Å². The number of primary amides is 1. The average Bonchev–Trinajstić information content (AvgIpc) is 2.84. The molecular formula is C26H27N3O4. The van der Waals surface area contributed by atoms with Crippen LogP contribution in [-0.2, 0) is 16.0 Å². The van der Waals surface area contributed by atoms with Gasteiger partial charge in [-0.15, -0.1) is 0 Å². The Labute approximate surface area is 193 Å². The Bertz CT molecular complexity index is 1150. The summed E-state index contributed by atoms with van der Waals surface area (Å²) in [4.78, 5) is 31.7. The maximum Gasteiger partial charge on any atom is 0.257 e. The van der Waals surface area contributed by atoms with Crippen LogP contribution in [0.3, 0.4) is 0 Å². The lowest BCUT2D eigenvalue weighted by molar-refractivity contribution is -0.153. The lowest BCUT2D eigenvalue weighted by Gasteiger charge is -2.41. The minimum atomic E-state index is -1.30. The summed E-state index contributed by atoms with van der Waals surface area (Å²) in [5.74, 6) is -0.270. The Hall–Kier alpha value is -3.71. The van der Waals surface area contributed by atoms with Crippen LogP contribution in [0.1, 0.15) is 21.5 Å². The summed E-state index contributed by atoms with van der Waals surface area (Å²) in [6.45, 7) is 2.54. The smallest absolute Gasteiger partial charge is 0.257 e. The van der Waals surface area contributed by atoms with Crippen LogP contribution in [0.4, 0.5) is 0 Å². The van der Waals surface area contributed by atoms with Gasteiger partial charge in [-0.2, -0.15) is 0 Å². The van der Waals surface area contributed by atoms with Gasteiger partial charge in [0.05, 0.1) is 25.8 Å². The highest BCUT2D eigenvalue weighted by Gasteiger charge is 2.44. The van der Waals surface area contributed by atoms with Crippen molar-refractivity contribution in [3.8, 4) is 16.9 Å². The van der Waals surface area contributed by atoms with E-state index in [-0.39, 0.29) is 25.5 Å². The van der Waals surface area contributed by atoms with Crippen LogP contribution in [0.5, 0.6) is 5.75 Å². The van der Waals surface area contributed by atoms with Gasteiger partial charge in [0.15, 0.2) is 5.60 Å². The standard InChI is InChI=1S/C26H27N3O4/c1-18-5-3-7-22(23(18)32-2)24(30)29-13-14-33-26(17-29,25(27)31)15-19-8-10-20(11-9-19)21-6-4-12-28-16-21/h3-12,16H,13-15,17H2,1-2H3,(H2,27,31)/t26-/m1/s1. The molecule has 4 rings (SSSR count). The summed E-state index contributed by atoms with van der Waals surface area (Å²) in [5, 5.41) is 0. The first-order valence-electron chi connectivity index (χ1n) is 10.8. The molecule has 7 heteroatoms. The average molecular weight is 446 g/mol. The number of pyridine rings is 1. The third-order valence-electron chi connectivity index (χ3n) is 6.01. The summed E-state index contributed by atoms with van der Waals surface area (Å²) in [7, 11) is 1.54. The zero-order chi connectivity index (χ0) is 23.4. The maximum absolute atomic E-state index is 13.3. The number of hydrogen-bond donors (Lipinski definition) is 1. The summed E-state index contributed by atoms with van der Waals surface area (Å²) in [5.41, 5.74) is 8.76. The second-order valence-corrected chi connectivity index (χ2v) is 8.20. The second kappa shape index (κ2) is 9.42. The molecule has 0 unspecified atom stereocenters. The highest BCUT2D eigenvalue weighted by atomic mass is 16.5. The number of methoxy groups -OCH3 is 1. The molecule has 1 aromatic heterocycles. The van der Waals surface area contributed by atoms with E-state index in [1.54, 1.807) is 30.5 Å². The number of aryl methyl sites for hydroxylation is 1. The first kappa shape index (κ1) is 22.5. The molecule has 3 aromatic rings. The minimum Gasteiger partial charge on any atom is -0.496 e. The van der Waals surface area contributed by atoms with Crippen LogP contribution in [0, 0.1) is 6.92 Å². The largest absolute Gasteiger partial charge is 0.496 e. The molecule has 33 heavy (non-hydrogen) atoms. The van der Waals surface area contributed by atoms with Gasteiger partial charge in [-0.25, -0.2) is 0 Å². The Morgan fingerprint density at radius 2 is 1.91 bits per heavy atom. The number of carbonyl (C=O) groups excluding carboxylic acids is 2. The number of aromatic nitrogens is 1. The molecule has 2 N–H and O–H groups in total. The lowest BCUT2D eigenvalue weighted by Crippen LogP contribution is -2.61. The monoisotopic (exact) mass is 445 g/mol. The zero-order valence-corrected chi connectivity index (χ0v) is 18.8. The molecule has 2 heterocycles. The molecule has 2 amide bonds. The fraction of sp³-hybridized carbons (Fsp3) is 0.269. The highest BCUT2D eigenvalue weighted by molar-refractivity contribution is 5.98. The fourth-order valence-corrected chi connectivity index (χ4v) is 4.24. The molecular weight excluding hydrogens is 418 g/mol. The van der Waals surface area contributed by atoms with Gasteiger partial charge in [0.25, 0.3) is 11.8 Å². The van der Waals surface area contributed by atoms with Gasteiger partial charge >= 0.3 is 0 Å². The molecule has 0 bridgehead atoms. The maximum atomic E-state index is 13.3. The van der Waals surface area contributed by atoms with E-state index in [0.717, 1.165) is 22.3 Å². The first-order chi connectivity index (χ1) is 15.9. The van der Waals surface area contributed by atoms with Gasteiger partial charge < -0.3 is 20.1 Å². The number of ether oxygens (including phenoxy) is 2. The van der Waals surface area contributed by atoms with E-state index in [2.05, 4.69) is 4.98 Å². The van der Waals surface area contributed by atoms with E-state index in [1.807, 2.05) is 55.5 Å². The topological polar surface area (TPSA) is 94.8 Å². The fourth-order valence-electron chi connectivity index (χ4n) is 4.24. The van der Waals surface area contributed by atoms with Gasteiger partial charge in [-0.1, -0.05) is 42.5 Å². The van der Waals surface area contributed by atoms with Crippen molar-refractivity contribution in [2.24, 2.45) is 5.73 Å². The predicted molar refractivity (Wildman–Crippen MR) is 125 cm³/mol. The SMILES string of the molecule is COc1c(C)cccc1C(=O)N1CCO[C@@](Cc2ccc(-c3cccnc3)cc2)(C(N)=O)C1. The summed E-state index contributed by atoms with van der Waals surface area (Å²) in [6, 6.07) is 17.1. The minimum absolute atomic E-state index is 0.0720. The molecule has 1 fully saturated rings. The number of rotatable bonds is 6. The second-order valence-electron chi connectivity index (χ2n) is 8.20.